The maximum atomic E-state index is 11.5. The van der Waals surface area contributed by atoms with Gasteiger partial charge in [0.15, 0.2) is 6.04 Å². The van der Waals surface area contributed by atoms with E-state index in [2.05, 4.69) is 10.6 Å². The molecule has 0 radical (unpaired) electrons. The van der Waals surface area contributed by atoms with Crippen LogP contribution in [0, 0.1) is 0 Å². The number of carboxylic acids is 1. The summed E-state index contributed by atoms with van der Waals surface area (Å²) in [5.41, 5.74) is 0. The fraction of sp³-hybridized carbons (Fsp3) is 0.818. The van der Waals surface area contributed by atoms with Crippen LogP contribution in [0.5, 0.6) is 0 Å². The molecule has 0 aromatic heterocycles. The molecule has 18 heavy (non-hydrogen) atoms. The van der Waals surface area contributed by atoms with E-state index >= 15 is 0 Å². The van der Waals surface area contributed by atoms with E-state index in [1.165, 1.54) is 0 Å². The standard InChI is InChI=1S/C11H22N2O4S/c1-4-11(5-2,18-3)7-12-10(17)13-8(6-14)9(15)16/h8,14H,4-7H2,1-3H3,(H,15,16)(H2,12,13,17). The Kier molecular flexibility index (Phi) is 7.77. The minimum Gasteiger partial charge on any atom is -0.480 e. The van der Waals surface area contributed by atoms with Crippen LogP contribution in [-0.4, -0.2) is 52.4 Å². The van der Waals surface area contributed by atoms with Gasteiger partial charge < -0.3 is 20.8 Å². The van der Waals surface area contributed by atoms with Crippen LogP contribution in [0.25, 0.3) is 0 Å². The number of urea groups is 1. The number of amides is 2. The van der Waals surface area contributed by atoms with Crippen LogP contribution in [0.15, 0.2) is 0 Å². The normalized spacial score (nSPS) is 12.9. The van der Waals surface area contributed by atoms with Crippen LogP contribution in [0.4, 0.5) is 4.79 Å². The molecule has 0 saturated heterocycles. The molecule has 6 nitrogen and oxygen atoms in total. The number of hydrogen-bond acceptors (Lipinski definition) is 4. The summed E-state index contributed by atoms with van der Waals surface area (Å²) < 4.78 is -0.0325. The van der Waals surface area contributed by atoms with E-state index in [9.17, 15) is 9.59 Å². The second kappa shape index (κ2) is 8.20. The first-order valence-electron chi connectivity index (χ1n) is 5.87. The summed E-state index contributed by atoms with van der Waals surface area (Å²) >= 11 is 1.68. The summed E-state index contributed by atoms with van der Waals surface area (Å²) in [6.45, 7) is 3.93. The largest absolute Gasteiger partial charge is 0.480 e. The topological polar surface area (TPSA) is 98.7 Å². The van der Waals surface area contributed by atoms with Crippen molar-refractivity contribution >= 4 is 23.8 Å². The molecule has 0 aromatic rings. The molecule has 106 valence electrons. The Labute approximate surface area is 112 Å². The third kappa shape index (κ3) is 5.14. The first kappa shape index (κ1) is 17.1. The number of carboxylic acid groups (broad SMARTS) is 1. The highest BCUT2D eigenvalue weighted by Gasteiger charge is 2.26. The van der Waals surface area contributed by atoms with E-state index < -0.39 is 24.6 Å². The monoisotopic (exact) mass is 278 g/mol. The molecule has 0 aliphatic carbocycles. The van der Waals surface area contributed by atoms with Crippen LogP contribution >= 0.6 is 11.8 Å². The quantitative estimate of drug-likeness (QED) is 0.522. The van der Waals surface area contributed by atoms with Crippen molar-refractivity contribution in [1.29, 1.82) is 0 Å². The van der Waals surface area contributed by atoms with E-state index in [4.69, 9.17) is 10.2 Å². The average molecular weight is 278 g/mol. The third-order valence-corrected chi connectivity index (χ3v) is 4.67. The SMILES string of the molecule is CCC(CC)(CNC(=O)NC(CO)C(=O)O)SC. The van der Waals surface area contributed by atoms with Crippen molar-refractivity contribution in [1.82, 2.24) is 10.6 Å². The van der Waals surface area contributed by atoms with Gasteiger partial charge in [0.25, 0.3) is 0 Å². The number of nitrogens with one attached hydrogen (secondary N) is 2. The van der Waals surface area contributed by atoms with Crippen molar-refractivity contribution < 1.29 is 19.8 Å². The number of carbonyl (C=O) groups is 2. The number of aliphatic carboxylic acids is 1. The molecule has 4 N–H and O–H groups in total. The van der Waals surface area contributed by atoms with Gasteiger partial charge in [-0.1, -0.05) is 13.8 Å². The highest BCUT2D eigenvalue weighted by molar-refractivity contribution is 8.00. The number of aliphatic hydroxyl groups excluding tert-OH is 1. The Hall–Kier alpha value is -0.950. The molecular weight excluding hydrogens is 256 g/mol. The van der Waals surface area contributed by atoms with Gasteiger partial charge in [-0.15, -0.1) is 0 Å². The molecule has 7 heteroatoms. The van der Waals surface area contributed by atoms with Gasteiger partial charge in [0, 0.05) is 11.3 Å². The average Bonchev–Trinajstić information content (AvgIpc) is 2.38. The molecule has 0 aliphatic rings. The second-order valence-electron chi connectivity index (χ2n) is 3.99. The van der Waals surface area contributed by atoms with Gasteiger partial charge in [-0.05, 0) is 19.1 Å². The zero-order valence-electron chi connectivity index (χ0n) is 11.0. The van der Waals surface area contributed by atoms with Crippen molar-refractivity contribution in [2.24, 2.45) is 0 Å². The zero-order valence-corrected chi connectivity index (χ0v) is 11.8. The van der Waals surface area contributed by atoms with Crippen molar-refractivity contribution in [3.63, 3.8) is 0 Å². The minimum atomic E-state index is -1.27. The third-order valence-electron chi connectivity index (χ3n) is 3.08. The van der Waals surface area contributed by atoms with Crippen molar-refractivity contribution in [3.05, 3.63) is 0 Å². The Morgan fingerprint density at radius 1 is 1.33 bits per heavy atom. The maximum absolute atomic E-state index is 11.5. The summed E-state index contributed by atoms with van der Waals surface area (Å²) in [5, 5.41) is 22.3. The molecule has 0 aromatic carbocycles. The van der Waals surface area contributed by atoms with Gasteiger partial charge in [0.1, 0.15) is 0 Å². The lowest BCUT2D eigenvalue weighted by Crippen LogP contribution is -2.50. The Morgan fingerprint density at radius 3 is 2.22 bits per heavy atom. The zero-order chi connectivity index (χ0) is 14.2. The van der Waals surface area contributed by atoms with Crippen molar-refractivity contribution in [2.45, 2.75) is 37.5 Å². The summed E-state index contributed by atoms with van der Waals surface area (Å²) in [5.74, 6) is -1.25. The molecule has 1 unspecified atom stereocenters. The van der Waals surface area contributed by atoms with Gasteiger partial charge in [-0.25, -0.2) is 9.59 Å². The van der Waals surface area contributed by atoms with Crippen LogP contribution in [0.2, 0.25) is 0 Å². The van der Waals surface area contributed by atoms with Gasteiger partial charge in [0.05, 0.1) is 6.61 Å². The van der Waals surface area contributed by atoms with E-state index in [-0.39, 0.29) is 4.75 Å². The molecule has 0 fully saturated rings. The Balaban J connectivity index is 4.28. The molecule has 1 atom stereocenters. The maximum Gasteiger partial charge on any atom is 0.328 e. The first-order valence-corrected chi connectivity index (χ1v) is 7.10. The summed E-state index contributed by atoms with van der Waals surface area (Å²) in [6, 6.07) is -1.84. The predicted octanol–water partition coefficient (Wildman–Crippen LogP) is 0.653. The summed E-state index contributed by atoms with van der Waals surface area (Å²) in [4.78, 5) is 22.1. The van der Waals surface area contributed by atoms with E-state index in [0.717, 1.165) is 12.8 Å². The number of hydrogen-bond donors (Lipinski definition) is 4. The smallest absolute Gasteiger partial charge is 0.328 e. The molecule has 0 saturated carbocycles. The van der Waals surface area contributed by atoms with E-state index in [0.29, 0.717) is 6.54 Å². The molecule has 0 heterocycles. The lowest BCUT2D eigenvalue weighted by Gasteiger charge is -2.30. The number of aliphatic hydroxyl groups is 1. The first-order chi connectivity index (χ1) is 8.44. The van der Waals surface area contributed by atoms with E-state index in [1.807, 2.05) is 20.1 Å². The number of thioether (sulfide) groups is 1. The fourth-order valence-electron chi connectivity index (χ4n) is 1.50. The fourth-order valence-corrected chi connectivity index (χ4v) is 2.29. The van der Waals surface area contributed by atoms with Crippen molar-refractivity contribution in [2.75, 3.05) is 19.4 Å². The van der Waals surface area contributed by atoms with Gasteiger partial charge in [-0.2, -0.15) is 11.8 Å². The lowest BCUT2D eigenvalue weighted by atomic mass is 10.0. The van der Waals surface area contributed by atoms with Crippen LogP contribution in [0.3, 0.4) is 0 Å². The highest BCUT2D eigenvalue weighted by Crippen LogP contribution is 2.29. The molecule has 0 aliphatic heterocycles. The summed E-state index contributed by atoms with van der Waals surface area (Å²) in [7, 11) is 0. The lowest BCUT2D eigenvalue weighted by molar-refractivity contribution is -0.140. The van der Waals surface area contributed by atoms with Gasteiger partial charge >= 0.3 is 12.0 Å². The summed E-state index contributed by atoms with van der Waals surface area (Å²) in [6.07, 6.45) is 3.81. The number of rotatable bonds is 8. The van der Waals surface area contributed by atoms with Crippen molar-refractivity contribution in [3.8, 4) is 0 Å². The second-order valence-corrected chi connectivity index (χ2v) is 5.27. The Bertz CT molecular complexity index is 274. The van der Waals surface area contributed by atoms with Gasteiger partial charge in [-0.3, -0.25) is 0 Å². The molecule has 0 spiro atoms. The predicted molar refractivity (Wildman–Crippen MR) is 71.9 cm³/mol. The van der Waals surface area contributed by atoms with Crippen LogP contribution in [-0.2, 0) is 4.79 Å². The molecule has 0 bridgehead atoms. The Morgan fingerprint density at radius 2 is 1.89 bits per heavy atom. The van der Waals surface area contributed by atoms with Crippen LogP contribution < -0.4 is 10.6 Å². The molecule has 2 amide bonds. The van der Waals surface area contributed by atoms with Gasteiger partial charge in [0.2, 0.25) is 0 Å². The van der Waals surface area contributed by atoms with E-state index in [1.54, 1.807) is 11.8 Å². The highest BCUT2D eigenvalue weighted by atomic mass is 32.2. The number of carbonyl (C=O) groups excluding carboxylic acids is 1. The molecule has 0 rings (SSSR count). The van der Waals surface area contributed by atoms with Crippen LogP contribution in [0.1, 0.15) is 26.7 Å². The molecular formula is C11H22N2O4S. The minimum absolute atomic E-state index is 0.0325.